The minimum atomic E-state index is -3.53. The van der Waals surface area contributed by atoms with E-state index in [0.29, 0.717) is 31.7 Å². The molecule has 2 aromatic rings. The number of nitrogens with zero attached hydrogens (tertiary/aromatic N) is 4. The number of hydrogen-bond donors (Lipinski definition) is 1. The Bertz CT molecular complexity index is 1010. The molecule has 0 unspecified atom stereocenters. The van der Waals surface area contributed by atoms with Gasteiger partial charge >= 0.3 is 0 Å². The minimum absolute atomic E-state index is 0.118. The maximum Gasteiger partial charge on any atom is 0.243 e. The van der Waals surface area contributed by atoms with E-state index in [1.807, 2.05) is 19.9 Å². The molecule has 0 radical (unpaired) electrons. The second kappa shape index (κ2) is 10.1. The molecule has 0 saturated carbocycles. The normalized spacial score (nSPS) is 18.1. The van der Waals surface area contributed by atoms with Gasteiger partial charge in [-0.25, -0.2) is 13.4 Å². The fourth-order valence-electron chi connectivity index (χ4n) is 4.35. The third-order valence-electron chi connectivity index (χ3n) is 6.15. The van der Waals surface area contributed by atoms with Gasteiger partial charge in [-0.2, -0.15) is 4.31 Å². The molecule has 1 aliphatic heterocycles. The number of primary amides is 1. The molecule has 0 aliphatic carbocycles. The lowest BCUT2D eigenvalue weighted by atomic mass is 9.97. The number of imidazole rings is 1. The molecule has 172 valence electrons. The fourth-order valence-corrected chi connectivity index (χ4v) is 5.83. The number of rotatable bonds is 10. The smallest absolute Gasteiger partial charge is 0.243 e. The van der Waals surface area contributed by atoms with Gasteiger partial charge in [0, 0.05) is 26.2 Å². The molecule has 2 N–H and O–H groups in total. The second-order valence-corrected chi connectivity index (χ2v) is 10.2. The van der Waals surface area contributed by atoms with Crippen LogP contribution in [0.25, 0.3) is 11.0 Å². The molecule has 0 spiro atoms. The van der Waals surface area contributed by atoms with Crippen LogP contribution in [-0.2, 0) is 27.9 Å². The third kappa shape index (κ3) is 5.10. The van der Waals surface area contributed by atoms with Gasteiger partial charge in [-0.15, -0.1) is 0 Å². The highest BCUT2D eigenvalue weighted by molar-refractivity contribution is 7.89. The zero-order valence-electron chi connectivity index (χ0n) is 18.9. The van der Waals surface area contributed by atoms with Gasteiger partial charge in [0.1, 0.15) is 5.82 Å². The van der Waals surface area contributed by atoms with E-state index in [0.717, 1.165) is 50.1 Å². The number of carbonyl (C=O) groups excluding carboxylic acids is 1. The van der Waals surface area contributed by atoms with Crippen molar-refractivity contribution in [2.45, 2.75) is 64.4 Å². The van der Waals surface area contributed by atoms with Gasteiger partial charge in [0.25, 0.3) is 0 Å². The molecule has 1 fully saturated rings. The topological polar surface area (TPSA) is 102 Å². The van der Waals surface area contributed by atoms with Crippen molar-refractivity contribution < 1.29 is 13.2 Å². The summed E-state index contributed by atoms with van der Waals surface area (Å²) in [5.41, 5.74) is 7.18. The summed E-state index contributed by atoms with van der Waals surface area (Å²) in [4.78, 5) is 19.0. The lowest BCUT2D eigenvalue weighted by Crippen LogP contribution is -2.41. The highest BCUT2D eigenvalue weighted by Gasteiger charge is 2.26. The van der Waals surface area contributed by atoms with Crippen LogP contribution in [0.15, 0.2) is 23.1 Å². The highest BCUT2D eigenvalue weighted by atomic mass is 32.2. The number of piperidine rings is 1. The number of aryl methyl sites for hydroxylation is 1. The molecule has 1 amide bonds. The van der Waals surface area contributed by atoms with Gasteiger partial charge in [-0.3, -0.25) is 9.69 Å². The number of aromatic nitrogens is 2. The van der Waals surface area contributed by atoms with Crippen molar-refractivity contribution >= 4 is 27.0 Å². The van der Waals surface area contributed by atoms with Crippen LogP contribution < -0.4 is 5.73 Å². The van der Waals surface area contributed by atoms with Crippen molar-refractivity contribution in [3.8, 4) is 0 Å². The first-order valence-corrected chi connectivity index (χ1v) is 12.8. The largest absolute Gasteiger partial charge is 0.369 e. The summed E-state index contributed by atoms with van der Waals surface area (Å²) in [6.07, 6.45) is 3.85. The van der Waals surface area contributed by atoms with Crippen LogP contribution in [0.4, 0.5) is 0 Å². The molecular formula is C22H35N5O3S. The van der Waals surface area contributed by atoms with Crippen LogP contribution in [0.3, 0.4) is 0 Å². The molecule has 1 aliphatic rings. The molecule has 1 atom stereocenters. The van der Waals surface area contributed by atoms with Crippen molar-refractivity contribution in [3.05, 3.63) is 24.0 Å². The minimum Gasteiger partial charge on any atom is -0.369 e. The Labute approximate surface area is 185 Å². The molecular weight excluding hydrogens is 414 g/mol. The van der Waals surface area contributed by atoms with E-state index in [4.69, 9.17) is 10.7 Å². The first kappa shape index (κ1) is 23.7. The third-order valence-corrected chi connectivity index (χ3v) is 8.20. The van der Waals surface area contributed by atoms with Gasteiger partial charge in [0.2, 0.25) is 15.9 Å². The standard InChI is InChI=1S/C22H35N5O3S/c1-4-7-13-27-20-11-10-18(31(29,30)26(5-2)6-3)14-19(20)24-21(27)16-25-12-8-9-17(15-25)22(23)28/h10-11,14,17H,4-9,12-13,15-16H2,1-3H3,(H2,23,28)/t17-/m1/s1. The summed E-state index contributed by atoms with van der Waals surface area (Å²) in [6.45, 7) is 9.71. The number of unbranched alkanes of at least 4 members (excludes halogenated alkanes) is 1. The average Bonchev–Trinajstić information content (AvgIpc) is 3.09. The van der Waals surface area contributed by atoms with Crippen molar-refractivity contribution in [2.24, 2.45) is 11.7 Å². The lowest BCUT2D eigenvalue weighted by Gasteiger charge is -2.30. The van der Waals surface area contributed by atoms with Crippen molar-refractivity contribution in [1.29, 1.82) is 0 Å². The van der Waals surface area contributed by atoms with E-state index < -0.39 is 10.0 Å². The van der Waals surface area contributed by atoms with Gasteiger partial charge in [0.05, 0.1) is 28.4 Å². The summed E-state index contributed by atoms with van der Waals surface area (Å²) < 4.78 is 29.6. The number of sulfonamides is 1. The summed E-state index contributed by atoms with van der Waals surface area (Å²) >= 11 is 0. The van der Waals surface area contributed by atoms with Crippen molar-refractivity contribution in [1.82, 2.24) is 18.8 Å². The quantitative estimate of drug-likeness (QED) is 0.601. The van der Waals surface area contributed by atoms with Crippen LogP contribution in [0, 0.1) is 5.92 Å². The van der Waals surface area contributed by atoms with E-state index in [9.17, 15) is 13.2 Å². The molecule has 1 saturated heterocycles. The van der Waals surface area contributed by atoms with E-state index in [1.54, 1.807) is 12.1 Å². The lowest BCUT2D eigenvalue weighted by molar-refractivity contribution is -0.123. The SMILES string of the molecule is CCCCn1c(CN2CCC[C@@H](C(N)=O)C2)nc2cc(S(=O)(=O)N(CC)CC)ccc21. The zero-order chi connectivity index (χ0) is 22.6. The molecule has 2 heterocycles. The van der Waals surface area contributed by atoms with Crippen LogP contribution in [-0.4, -0.2) is 59.3 Å². The predicted molar refractivity (Wildman–Crippen MR) is 122 cm³/mol. The number of amides is 1. The summed E-state index contributed by atoms with van der Waals surface area (Å²) in [5, 5.41) is 0. The van der Waals surface area contributed by atoms with Crippen LogP contribution in [0.1, 0.15) is 52.3 Å². The van der Waals surface area contributed by atoms with Gasteiger partial charge in [-0.05, 0) is 44.0 Å². The van der Waals surface area contributed by atoms with Crippen LogP contribution in [0.2, 0.25) is 0 Å². The molecule has 8 nitrogen and oxygen atoms in total. The number of benzene rings is 1. The van der Waals surface area contributed by atoms with Gasteiger partial charge in [0.15, 0.2) is 0 Å². The number of likely N-dealkylation sites (tertiary alicyclic amines) is 1. The van der Waals surface area contributed by atoms with Crippen LogP contribution in [0.5, 0.6) is 0 Å². The first-order valence-electron chi connectivity index (χ1n) is 11.3. The molecule has 31 heavy (non-hydrogen) atoms. The zero-order valence-corrected chi connectivity index (χ0v) is 19.7. The first-order chi connectivity index (χ1) is 14.8. The number of carbonyl (C=O) groups is 1. The monoisotopic (exact) mass is 449 g/mol. The molecule has 0 bridgehead atoms. The Hall–Kier alpha value is -1.97. The molecule has 1 aromatic carbocycles. The second-order valence-electron chi connectivity index (χ2n) is 8.25. The van der Waals surface area contributed by atoms with Gasteiger partial charge < -0.3 is 10.3 Å². The van der Waals surface area contributed by atoms with E-state index in [2.05, 4.69) is 16.4 Å². The highest BCUT2D eigenvalue weighted by Crippen LogP contribution is 2.25. The Morgan fingerprint density at radius 3 is 2.65 bits per heavy atom. The van der Waals surface area contributed by atoms with E-state index in [-0.39, 0.29) is 16.7 Å². The summed E-state index contributed by atoms with van der Waals surface area (Å²) in [5.74, 6) is 0.550. The summed E-state index contributed by atoms with van der Waals surface area (Å²) in [7, 11) is -3.53. The summed E-state index contributed by atoms with van der Waals surface area (Å²) in [6, 6.07) is 5.26. The Morgan fingerprint density at radius 1 is 1.26 bits per heavy atom. The Balaban J connectivity index is 1.96. The molecule has 1 aromatic heterocycles. The fraction of sp³-hybridized carbons (Fsp3) is 0.636. The van der Waals surface area contributed by atoms with Gasteiger partial charge in [-0.1, -0.05) is 27.2 Å². The Morgan fingerprint density at radius 2 is 2.00 bits per heavy atom. The van der Waals surface area contributed by atoms with E-state index >= 15 is 0 Å². The number of fused-ring (bicyclic) bond motifs is 1. The molecule has 9 heteroatoms. The number of nitrogens with two attached hydrogens (primary N) is 1. The van der Waals surface area contributed by atoms with Crippen molar-refractivity contribution in [3.63, 3.8) is 0 Å². The van der Waals surface area contributed by atoms with Crippen LogP contribution >= 0.6 is 0 Å². The predicted octanol–water partition coefficient (Wildman–Crippen LogP) is 2.56. The Kier molecular flexibility index (Phi) is 7.72. The maximum absolute atomic E-state index is 13.0. The van der Waals surface area contributed by atoms with Crippen molar-refractivity contribution in [2.75, 3.05) is 26.2 Å². The number of hydrogen-bond acceptors (Lipinski definition) is 5. The average molecular weight is 450 g/mol. The maximum atomic E-state index is 13.0. The molecule has 3 rings (SSSR count). The van der Waals surface area contributed by atoms with E-state index in [1.165, 1.54) is 4.31 Å².